The van der Waals surface area contributed by atoms with E-state index in [1.807, 2.05) is 0 Å². The van der Waals surface area contributed by atoms with Crippen molar-refractivity contribution < 1.29 is 43.2 Å². The number of aryl methyl sites for hydroxylation is 1. The summed E-state index contributed by atoms with van der Waals surface area (Å²) in [6.07, 6.45) is 1.31. The first-order chi connectivity index (χ1) is 7.06. The van der Waals surface area contributed by atoms with Gasteiger partial charge in [0, 0.05) is 20.2 Å². The van der Waals surface area contributed by atoms with Crippen molar-refractivity contribution in [2.24, 2.45) is 7.05 Å². The number of aliphatic hydroxyl groups is 1. The summed E-state index contributed by atoms with van der Waals surface area (Å²) in [5.41, 5.74) is 0.563. The van der Waals surface area contributed by atoms with Crippen molar-refractivity contribution in [3.63, 3.8) is 0 Å². The number of hydrogen-bond acceptors (Lipinski definition) is 3. The molecule has 0 unspecified atom stereocenters. The van der Waals surface area contributed by atoms with Crippen LogP contribution in [0.2, 0.25) is 0 Å². The molecule has 0 bridgehead atoms. The lowest BCUT2D eigenvalue weighted by atomic mass is 10.3. The first-order valence-corrected chi connectivity index (χ1v) is 4.53. The van der Waals surface area contributed by atoms with Crippen LogP contribution in [0.15, 0.2) is 18.3 Å². The van der Waals surface area contributed by atoms with Crippen LogP contribution in [0.5, 0.6) is 5.75 Å². The first kappa shape index (κ1) is 15.1. The Labute approximate surface area is 112 Å². The van der Waals surface area contributed by atoms with Crippen molar-refractivity contribution in [2.45, 2.75) is 6.61 Å². The van der Waals surface area contributed by atoms with E-state index in [-0.39, 0.29) is 30.6 Å². The second-order valence-electron chi connectivity index (χ2n) is 3.35. The molecule has 16 heavy (non-hydrogen) atoms. The minimum Gasteiger partial charge on any atom is -1.00 e. The Morgan fingerprint density at radius 2 is 2.19 bits per heavy atom. The minimum atomic E-state index is -0.462. The van der Waals surface area contributed by atoms with Crippen LogP contribution in [0, 0.1) is 0 Å². The van der Waals surface area contributed by atoms with Crippen molar-refractivity contribution in [1.82, 2.24) is 4.90 Å². The largest absolute Gasteiger partial charge is 1.00 e. The van der Waals surface area contributed by atoms with Gasteiger partial charge in [-0.2, -0.15) is 4.57 Å². The van der Waals surface area contributed by atoms with E-state index in [0.717, 1.165) is 0 Å². The van der Waals surface area contributed by atoms with Crippen molar-refractivity contribution in [3.8, 4) is 5.75 Å². The Morgan fingerprint density at radius 3 is 2.69 bits per heavy atom. The molecule has 1 aromatic rings. The highest BCUT2D eigenvalue weighted by molar-refractivity contribution is 5.70. The molecule has 0 saturated carbocycles. The number of rotatable bonds is 2. The van der Waals surface area contributed by atoms with Gasteiger partial charge in [0.15, 0.2) is 6.20 Å². The van der Waals surface area contributed by atoms with Gasteiger partial charge >= 0.3 is 6.09 Å². The topological polar surface area (TPSA) is 53.7 Å². The Bertz CT molecular complexity index is 369. The lowest BCUT2D eigenvalue weighted by Crippen LogP contribution is -3.00. The number of halogens is 1. The van der Waals surface area contributed by atoms with Crippen LogP contribution >= 0.6 is 0 Å². The third kappa shape index (κ3) is 3.60. The maximum Gasteiger partial charge on any atom is 0.414 e. The molecule has 0 atom stereocenters. The van der Waals surface area contributed by atoms with Gasteiger partial charge in [0.1, 0.15) is 13.7 Å². The van der Waals surface area contributed by atoms with Crippen LogP contribution in [0.25, 0.3) is 0 Å². The molecule has 0 spiro atoms. The maximum atomic E-state index is 11.3. The molecule has 0 aromatic carbocycles. The fraction of sp³-hybridized carbons (Fsp3) is 0.400. The van der Waals surface area contributed by atoms with Crippen LogP contribution in [-0.4, -0.2) is 30.2 Å². The standard InChI is InChI=1S/C10H15N2O3.HI/c1-11(2)10(14)15-9-5-4-6-12(3)8(9)7-13;/h4-6,13H,7H2,1-3H3;1H/q+1;/p-1. The second kappa shape index (κ2) is 6.64. The number of amides is 1. The monoisotopic (exact) mass is 338 g/mol. The van der Waals surface area contributed by atoms with E-state index in [2.05, 4.69) is 0 Å². The van der Waals surface area contributed by atoms with Gasteiger partial charge in [-0.05, 0) is 6.07 Å². The molecule has 1 N–H and O–H groups in total. The van der Waals surface area contributed by atoms with E-state index in [0.29, 0.717) is 11.4 Å². The number of aliphatic hydroxyl groups excluding tert-OH is 1. The Kier molecular flexibility index (Phi) is 6.27. The number of hydrogen-bond donors (Lipinski definition) is 1. The first-order valence-electron chi connectivity index (χ1n) is 4.53. The summed E-state index contributed by atoms with van der Waals surface area (Å²) < 4.78 is 6.79. The molecule has 0 fully saturated rings. The van der Waals surface area contributed by atoms with Crippen LogP contribution in [-0.2, 0) is 13.7 Å². The number of aromatic nitrogens is 1. The number of carbonyl (C=O) groups is 1. The van der Waals surface area contributed by atoms with Gasteiger partial charge in [0.25, 0.3) is 0 Å². The zero-order valence-corrected chi connectivity index (χ0v) is 11.6. The summed E-state index contributed by atoms with van der Waals surface area (Å²) in [5, 5.41) is 9.13. The van der Waals surface area contributed by atoms with Gasteiger partial charge < -0.3 is 38.7 Å². The molecule has 1 amide bonds. The molecule has 0 aliphatic rings. The van der Waals surface area contributed by atoms with Crippen LogP contribution in [0.3, 0.4) is 0 Å². The quantitative estimate of drug-likeness (QED) is 0.464. The average molecular weight is 338 g/mol. The number of pyridine rings is 1. The predicted octanol–water partition coefficient (Wildman–Crippen LogP) is -2.93. The smallest absolute Gasteiger partial charge is 0.414 e. The fourth-order valence-corrected chi connectivity index (χ4v) is 1.09. The number of nitrogens with zero attached hydrogens (tertiary/aromatic N) is 2. The van der Waals surface area contributed by atoms with E-state index >= 15 is 0 Å². The van der Waals surface area contributed by atoms with E-state index in [1.165, 1.54) is 4.90 Å². The van der Waals surface area contributed by atoms with Crippen molar-refractivity contribution in [3.05, 3.63) is 24.0 Å². The van der Waals surface area contributed by atoms with Crippen LogP contribution in [0.4, 0.5) is 4.79 Å². The van der Waals surface area contributed by atoms with E-state index < -0.39 is 6.09 Å². The van der Waals surface area contributed by atoms with Crippen molar-refractivity contribution in [1.29, 1.82) is 0 Å². The lowest BCUT2D eigenvalue weighted by Gasteiger charge is -2.11. The molecule has 5 nitrogen and oxygen atoms in total. The Hall–Kier alpha value is -0.890. The summed E-state index contributed by atoms with van der Waals surface area (Å²) >= 11 is 0. The van der Waals surface area contributed by atoms with Crippen molar-refractivity contribution >= 4 is 6.09 Å². The molecule has 0 aliphatic carbocycles. The van der Waals surface area contributed by atoms with E-state index in [9.17, 15) is 4.79 Å². The molecule has 1 heterocycles. The van der Waals surface area contributed by atoms with Gasteiger partial charge in [-0.3, -0.25) is 0 Å². The highest BCUT2D eigenvalue weighted by atomic mass is 127. The molecule has 0 aliphatic heterocycles. The molecule has 0 saturated heterocycles. The third-order valence-corrected chi connectivity index (χ3v) is 1.98. The SMILES string of the molecule is CN(C)C(=O)Oc1ccc[n+](C)c1CO.[I-]. The summed E-state index contributed by atoms with van der Waals surface area (Å²) in [4.78, 5) is 12.6. The average Bonchev–Trinajstić information content (AvgIpc) is 2.18. The van der Waals surface area contributed by atoms with E-state index in [4.69, 9.17) is 9.84 Å². The molecule has 90 valence electrons. The van der Waals surface area contributed by atoms with Crippen molar-refractivity contribution in [2.75, 3.05) is 14.1 Å². The van der Waals surface area contributed by atoms with Crippen LogP contribution in [0.1, 0.15) is 5.69 Å². The third-order valence-electron chi connectivity index (χ3n) is 1.98. The minimum absolute atomic E-state index is 0. The van der Waals surface area contributed by atoms with Gasteiger partial charge in [-0.1, -0.05) is 0 Å². The predicted molar refractivity (Wildman–Crippen MR) is 53.3 cm³/mol. The summed E-state index contributed by atoms with van der Waals surface area (Å²) in [6.45, 7) is -0.173. The second-order valence-corrected chi connectivity index (χ2v) is 3.35. The highest BCUT2D eigenvalue weighted by Crippen LogP contribution is 2.14. The van der Waals surface area contributed by atoms with Gasteiger partial charge in [-0.25, -0.2) is 4.79 Å². The highest BCUT2D eigenvalue weighted by Gasteiger charge is 2.16. The molecule has 6 heteroatoms. The number of carbonyl (C=O) groups excluding carboxylic acids is 1. The zero-order valence-electron chi connectivity index (χ0n) is 9.48. The summed E-state index contributed by atoms with van der Waals surface area (Å²) in [7, 11) is 4.98. The maximum absolute atomic E-state index is 11.3. The number of ether oxygens (including phenoxy) is 1. The molecule has 1 rings (SSSR count). The Morgan fingerprint density at radius 1 is 1.56 bits per heavy atom. The van der Waals surface area contributed by atoms with Gasteiger partial charge in [-0.15, -0.1) is 0 Å². The normalized spacial score (nSPS) is 9.25. The van der Waals surface area contributed by atoms with Gasteiger partial charge in [0.2, 0.25) is 11.4 Å². The van der Waals surface area contributed by atoms with Gasteiger partial charge in [0.05, 0.1) is 0 Å². The lowest BCUT2D eigenvalue weighted by molar-refractivity contribution is -0.681. The molecule has 1 aromatic heterocycles. The van der Waals surface area contributed by atoms with Crippen LogP contribution < -0.4 is 33.3 Å². The zero-order chi connectivity index (χ0) is 11.4. The van der Waals surface area contributed by atoms with E-state index in [1.54, 1.807) is 44.0 Å². The molecular formula is C10H15IN2O3. The molecular weight excluding hydrogens is 323 g/mol. The molecule has 0 radical (unpaired) electrons. The fourth-order valence-electron chi connectivity index (χ4n) is 1.09. The summed E-state index contributed by atoms with van der Waals surface area (Å²) in [5.74, 6) is 0.376. The Balaban J connectivity index is 0.00000225. The summed E-state index contributed by atoms with van der Waals surface area (Å²) in [6, 6.07) is 3.39.